The first-order valence-electron chi connectivity index (χ1n) is 7.80. The molecule has 1 saturated heterocycles. The zero-order valence-electron chi connectivity index (χ0n) is 12.6. The van der Waals surface area contributed by atoms with Crippen molar-refractivity contribution in [1.29, 1.82) is 0 Å². The Kier molecular flexibility index (Phi) is 3.96. The molecular formula is C17H19NO4. The monoisotopic (exact) mass is 301 g/mol. The zero-order chi connectivity index (χ0) is 15.7. The molecule has 1 aromatic rings. The van der Waals surface area contributed by atoms with Crippen LogP contribution in [-0.2, 0) is 14.4 Å². The third-order valence-corrected chi connectivity index (χ3v) is 4.44. The summed E-state index contributed by atoms with van der Waals surface area (Å²) in [6.45, 7) is 1.71. The van der Waals surface area contributed by atoms with Crippen LogP contribution in [0.5, 0.6) is 5.75 Å². The topological polar surface area (TPSA) is 63.7 Å². The minimum absolute atomic E-state index is 0.117. The average Bonchev–Trinajstić information content (AvgIpc) is 2.79. The molecule has 3 rings (SSSR count). The molecule has 5 nitrogen and oxygen atoms in total. The van der Waals surface area contributed by atoms with Crippen LogP contribution in [0.3, 0.4) is 0 Å². The number of benzene rings is 1. The van der Waals surface area contributed by atoms with Gasteiger partial charge in [0.25, 0.3) is 0 Å². The maximum Gasteiger partial charge on any atom is 0.310 e. The Hall–Kier alpha value is -2.17. The molecule has 1 aliphatic carbocycles. The fraction of sp³-hybridized carbons (Fsp3) is 0.471. The number of amides is 2. The molecule has 0 radical (unpaired) electrons. The van der Waals surface area contributed by atoms with E-state index in [1.165, 1.54) is 4.90 Å². The maximum atomic E-state index is 12.5. The molecule has 2 fully saturated rings. The van der Waals surface area contributed by atoms with E-state index in [4.69, 9.17) is 4.74 Å². The second-order valence-electron chi connectivity index (χ2n) is 5.83. The van der Waals surface area contributed by atoms with Gasteiger partial charge in [0.15, 0.2) is 0 Å². The number of hydrogen-bond donors (Lipinski definition) is 0. The Bertz CT molecular complexity index is 601. The van der Waals surface area contributed by atoms with Gasteiger partial charge in [0.05, 0.1) is 17.5 Å². The van der Waals surface area contributed by atoms with Crippen LogP contribution < -0.4 is 9.64 Å². The molecule has 0 spiro atoms. The van der Waals surface area contributed by atoms with E-state index in [0.29, 0.717) is 11.4 Å². The molecule has 1 heterocycles. The Morgan fingerprint density at radius 2 is 1.82 bits per heavy atom. The summed E-state index contributed by atoms with van der Waals surface area (Å²) in [7, 11) is 0. The summed E-state index contributed by atoms with van der Waals surface area (Å²) >= 11 is 0. The first-order valence-corrected chi connectivity index (χ1v) is 7.80. The molecule has 0 aromatic heterocycles. The third-order valence-electron chi connectivity index (χ3n) is 4.44. The molecule has 2 aliphatic rings. The van der Waals surface area contributed by atoms with Gasteiger partial charge < -0.3 is 4.74 Å². The lowest BCUT2D eigenvalue weighted by Crippen LogP contribution is -2.30. The summed E-state index contributed by atoms with van der Waals surface area (Å²) in [4.78, 5) is 37.7. The van der Waals surface area contributed by atoms with Crippen molar-refractivity contribution in [1.82, 2.24) is 0 Å². The largest absolute Gasteiger partial charge is 0.426 e. The molecule has 2 atom stereocenters. The van der Waals surface area contributed by atoms with Gasteiger partial charge in [-0.3, -0.25) is 14.4 Å². The summed E-state index contributed by atoms with van der Waals surface area (Å²) in [5.41, 5.74) is 0.491. The van der Waals surface area contributed by atoms with Crippen molar-refractivity contribution in [3.63, 3.8) is 0 Å². The van der Waals surface area contributed by atoms with Crippen molar-refractivity contribution < 1.29 is 19.1 Å². The number of anilines is 1. The predicted octanol–water partition coefficient (Wildman–Crippen LogP) is 2.68. The smallest absolute Gasteiger partial charge is 0.310 e. The van der Waals surface area contributed by atoms with Crippen LogP contribution in [0.2, 0.25) is 0 Å². The number of hydrogen-bond acceptors (Lipinski definition) is 4. The lowest BCUT2D eigenvalue weighted by molar-refractivity contribution is -0.134. The fourth-order valence-corrected chi connectivity index (χ4v) is 3.31. The van der Waals surface area contributed by atoms with E-state index < -0.39 is 0 Å². The van der Waals surface area contributed by atoms with Gasteiger partial charge in [-0.25, -0.2) is 4.90 Å². The van der Waals surface area contributed by atoms with E-state index >= 15 is 0 Å². The van der Waals surface area contributed by atoms with Crippen LogP contribution in [0, 0.1) is 11.8 Å². The highest BCUT2D eigenvalue weighted by molar-refractivity contribution is 6.22. The minimum atomic E-state index is -0.343. The number of carbonyl (C=O) groups is 3. The van der Waals surface area contributed by atoms with Crippen LogP contribution in [0.15, 0.2) is 24.3 Å². The number of carbonyl (C=O) groups excluding carboxylic acids is 3. The van der Waals surface area contributed by atoms with Gasteiger partial charge in [-0.2, -0.15) is 0 Å². The Morgan fingerprint density at radius 3 is 2.41 bits per heavy atom. The predicted molar refractivity (Wildman–Crippen MR) is 80.3 cm³/mol. The SMILES string of the molecule is CCC(=O)Oc1cccc(N2C(=O)[C@H]3CCCC[C@@H]3C2=O)c1. The molecule has 0 unspecified atom stereocenters. The van der Waals surface area contributed by atoms with Crippen LogP contribution in [0.1, 0.15) is 39.0 Å². The second kappa shape index (κ2) is 5.91. The van der Waals surface area contributed by atoms with E-state index in [2.05, 4.69) is 0 Å². The lowest BCUT2D eigenvalue weighted by Gasteiger charge is -2.19. The van der Waals surface area contributed by atoms with E-state index in [1.54, 1.807) is 31.2 Å². The standard InChI is InChI=1S/C17H19NO4/c1-2-15(19)22-12-7-5-6-11(10-12)18-16(20)13-8-3-4-9-14(13)17(18)21/h5-7,10,13-14H,2-4,8-9H2,1H3/t13-,14-/m0/s1. The zero-order valence-corrected chi connectivity index (χ0v) is 12.6. The maximum absolute atomic E-state index is 12.5. The molecule has 1 aliphatic heterocycles. The summed E-state index contributed by atoms with van der Waals surface area (Å²) in [6.07, 6.45) is 3.85. The molecule has 116 valence electrons. The number of imide groups is 1. The highest BCUT2D eigenvalue weighted by Crippen LogP contribution is 2.40. The minimum Gasteiger partial charge on any atom is -0.426 e. The van der Waals surface area contributed by atoms with Crippen LogP contribution in [0.4, 0.5) is 5.69 Å². The van der Waals surface area contributed by atoms with Gasteiger partial charge >= 0.3 is 5.97 Å². The molecule has 22 heavy (non-hydrogen) atoms. The van der Waals surface area contributed by atoms with Crippen molar-refractivity contribution in [3.8, 4) is 5.75 Å². The number of esters is 1. The quantitative estimate of drug-likeness (QED) is 0.489. The van der Waals surface area contributed by atoms with Gasteiger partial charge in [0, 0.05) is 12.5 Å². The van der Waals surface area contributed by atoms with Crippen LogP contribution in [0.25, 0.3) is 0 Å². The first-order chi connectivity index (χ1) is 10.6. The van der Waals surface area contributed by atoms with Gasteiger partial charge in [-0.1, -0.05) is 25.8 Å². The number of nitrogens with zero attached hydrogens (tertiary/aromatic N) is 1. The Balaban J connectivity index is 1.87. The normalized spacial score (nSPS) is 24.3. The third kappa shape index (κ3) is 2.51. The van der Waals surface area contributed by atoms with E-state index in [0.717, 1.165) is 25.7 Å². The first kappa shape index (κ1) is 14.8. The molecule has 2 amide bonds. The van der Waals surface area contributed by atoms with Crippen LogP contribution in [-0.4, -0.2) is 17.8 Å². The molecule has 5 heteroatoms. The average molecular weight is 301 g/mol. The van der Waals surface area contributed by atoms with Gasteiger partial charge in [0.1, 0.15) is 5.75 Å². The lowest BCUT2D eigenvalue weighted by atomic mass is 9.81. The van der Waals surface area contributed by atoms with E-state index in [-0.39, 0.29) is 36.0 Å². The van der Waals surface area contributed by atoms with Crippen molar-refractivity contribution in [2.75, 3.05) is 4.90 Å². The number of rotatable bonds is 3. The van der Waals surface area contributed by atoms with Crippen molar-refractivity contribution in [2.45, 2.75) is 39.0 Å². The van der Waals surface area contributed by atoms with Crippen LogP contribution >= 0.6 is 0 Å². The molecular weight excluding hydrogens is 282 g/mol. The summed E-state index contributed by atoms with van der Waals surface area (Å²) in [6, 6.07) is 6.63. The Labute approximate surface area is 129 Å². The molecule has 0 bridgehead atoms. The van der Waals surface area contributed by atoms with Gasteiger partial charge in [0.2, 0.25) is 11.8 Å². The Morgan fingerprint density at radius 1 is 1.18 bits per heavy atom. The second-order valence-corrected chi connectivity index (χ2v) is 5.83. The van der Waals surface area contributed by atoms with E-state index in [1.807, 2.05) is 0 Å². The molecule has 1 aromatic carbocycles. The highest BCUT2D eigenvalue weighted by atomic mass is 16.5. The molecule has 0 N–H and O–H groups in total. The number of fused-ring (bicyclic) bond motifs is 1. The van der Waals surface area contributed by atoms with Crippen molar-refractivity contribution >= 4 is 23.5 Å². The highest BCUT2D eigenvalue weighted by Gasteiger charge is 2.48. The fourth-order valence-electron chi connectivity index (χ4n) is 3.31. The molecule has 1 saturated carbocycles. The number of ether oxygens (including phenoxy) is 1. The van der Waals surface area contributed by atoms with Gasteiger partial charge in [-0.05, 0) is 25.0 Å². The van der Waals surface area contributed by atoms with E-state index in [9.17, 15) is 14.4 Å². The summed E-state index contributed by atoms with van der Waals surface area (Å²) < 4.78 is 5.16. The van der Waals surface area contributed by atoms with Crippen molar-refractivity contribution in [3.05, 3.63) is 24.3 Å². The summed E-state index contributed by atoms with van der Waals surface area (Å²) in [5.74, 6) is -0.571. The van der Waals surface area contributed by atoms with Crippen molar-refractivity contribution in [2.24, 2.45) is 11.8 Å². The van der Waals surface area contributed by atoms with Gasteiger partial charge in [-0.15, -0.1) is 0 Å². The summed E-state index contributed by atoms with van der Waals surface area (Å²) in [5, 5.41) is 0.